The van der Waals surface area contributed by atoms with Crippen LogP contribution in [0.25, 0.3) is 0 Å². The first-order valence-electron chi connectivity index (χ1n) is 8.25. The van der Waals surface area contributed by atoms with Crippen molar-refractivity contribution in [2.24, 2.45) is 17.8 Å². The number of aryl methyl sites for hydroxylation is 1. The van der Waals surface area contributed by atoms with E-state index in [0.29, 0.717) is 6.54 Å². The molecule has 0 aliphatic heterocycles. The van der Waals surface area contributed by atoms with Crippen LogP contribution < -0.4 is 5.32 Å². The molecule has 1 aliphatic rings. The molecule has 1 heterocycles. The number of carbonyl (C=O) groups excluding carboxylic acids is 1. The van der Waals surface area contributed by atoms with E-state index in [1.165, 1.54) is 19.3 Å². The fraction of sp³-hybridized carbons (Fsp3) is 0.812. The highest BCUT2D eigenvalue weighted by Gasteiger charge is 2.26. The summed E-state index contributed by atoms with van der Waals surface area (Å²) < 4.78 is 1.78. The van der Waals surface area contributed by atoms with Crippen LogP contribution in [0.3, 0.4) is 0 Å². The van der Waals surface area contributed by atoms with Gasteiger partial charge in [0.15, 0.2) is 0 Å². The van der Waals surface area contributed by atoms with E-state index in [0.717, 1.165) is 36.9 Å². The third-order valence-electron chi connectivity index (χ3n) is 4.38. The van der Waals surface area contributed by atoms with Crippen molar-refractivity contribution < 1.29 is 4.79 Å². The van der Waals surface area contributed by atoms with E-state index in [1.807, 2.05) is 13.1 Å². The molecular formula is C16H28N4O. The lowest BCUT2D eigenvalue weighted by atomic mass is 9.78. The van der Waals surface area contributed by atoms with Crippen LogP contribution in [0.15, 0.2) is 6.20 Å². The molecule has 1 saturated carbocycles. The zero-order chi connectivity index (χ0) is 15.2. The van der Waals surface area contributed by atoms with Crippen molar-refractivity contribution in [2.75, 3.05) is 0 Å². The molecule has 1 aliphatic carbocycles. The zero-order valence-corrected chi connectivity index (χ0v) is 13.5. The minimum absolute atomic E-state index is 0.184. The Morgan fingerprint density at radius 2 is 2.10 bits per heavy atom. The maximum atomic E-state index is 12.2. The molecule has 1 amide bonds. The number of nitrogens with zero attached hydrogens (tertiary/aromatic N) is 3. The molecule has 2 rings (SSSR count). The van der Waals surface area contributed by atoms with Crippen molar-refractivity contribution in [2.45, 2.75) is 66.0 Å². The molecule has 21 heavy (non-hydrogen) atoms. The second-order valence-corrected chi connectivity index (χ2v) is 6.63. The van der Waals surface area contributed by atoms with Crippen molar-refractivity contribution in [3.05, 3.63) is 11.9 Å². The van der Waals surface area contributed by atoms with E-state index in [4.69, 9.17) is 0 Å². The third-order valence-corrected chi connectivity index (χ3v) is 4.38. The number of rotatable bonds is 6. The Morgan fingerprint density at radius 1 is 1.38 bits per heavy atom. The van der Waals surface area contributed by atoms with Crippen LogP contribution in [0.4, 0.5) is 0 Å². The van der Waals surface area contributed by atoms with Gasteiger partial charge in [0, 0.05) is 12.5 Å². The second-order valence-electron chi connectivity index (χ2n) is 6.63. The van der Waals surface area contributed by atoms with Gasteiger partial charge in [0.25, 0.3) is 0 Å². The molecule has 1 N–H and O–H groups in total. The summed E-state index contributed by atoms with van der Waals surface area (Å²) in [5, 5.41) is 11.0. The molecule has 1 aromatic rings. The van der Waals surface area contributed by atoms with Gasteiger partial charge < -0.3 is 5.32 Å². The van der Waals surface area contributed by atoms with Gasteiger partial charge in [0.2, 0.25) is 5.91 Å². The van der Waals surface area contributed by atoms with E-state index in [9.17, 15) is 4.79 Å². The summed E-state index contributed by atoms with van der Waals surface area (Å²) in [6.45, 7) is 7.88. The lowest BCUT2D eigenvalue weighted by Gasteiger charge is -2.28. The predicted octanol–water partition coefficient (Wildman–Crippen LogP) is 2.77. The summed E-state index contributed by atoms with van der Waals surface area (Å²) in [4.78, 5) is 12.2. The summed E-state index contributed by atoms with van der Waals surface area (Å²) in [6.07, 6.45) is 7.65. The summed E-state index contributed by atoms with van der Waals surface area (Å²) in [5.74, 6) is 1.96. The van der Waals surface area contributed by atoms with Crippen LogP contribution in [-0.2, 0) is 17.9 Å². The molecule has 0 spiro atoms. The molecule has 0 radical (unpaired) electrons. The third kappa shape index (κ3) is 4.83. The number of hydrogen-bond acceptors (Lipinski definition) is 3. The molecular weight excluding hydrogens is 264 g/mol. The van der Waals surface area contributed by atoms with Crippen LogP contribution in [0.5, 0.6) is 0 Å². The summed E-state index contributed by atoms with van der Waals surface area (Å²) in [7, 11) is 0. The highest BCUT2D eigenvalue weighted by atomic mass is 16.1. The molecule has 0 saturated heterocycles. The minimum atomic E-state index is 0.184. The van der Waals surface area contributed by atoms with Gasteiger partial charge in [0.05, 0.1) is 12.7 Å². The molecule has 5 nitrogen and oxygen atoms in total. The van der Waals surface area contributed by atoms with Crippen molar-refractivity contribution in [3.63, 3.8) is 0 Å². The van der Waals surface area contributed by atoms with Gasteiger partial charge >= 0.3 is 0 Å². The molecule has 0 bridgehead atoms. The average molecular weight is 292 g/mol. The van der Waals surface area contributed by atoms with Crippen molar-refractivity contribution >= 4 is 5.91 Å². The van der Waals surface area contributed by atoms with Gasteiger partial charge in [-0.15, -0.1) is 5.10 Å². The fourth-order valence-electron chi connectivity index (χ4n) is 3.22. The predicted molar refractivity (Wildman–Crippen MR) is 82.4 cm³/mol. The highest BCUT2D eigenvalue weighted by Crippen LogP contribution is 2.32. The first-order valence-corrected chi connectivity index (χ1v) is 8.25. The number of nitrogens with one attached hydrogen (secondary N) is 1. The summed E-state index contributed by atoms with van der Waals surface area (Å²) >= 11 is 0. The summed E-state index contributed by atoms with van der Waals surface area (Å²) in [6, 6.07) is 0. The Hall–Kier alpha value is -1.39. The molecule has 0 unspecified atom stereocenters. The zero-order valence-electron chi connectivity index (χ0n) is 13.5. The lowest BCUT2D eigenvalue weighted by Crippen LogP contribution is -2.33. The molecule has 118 valence electrons. The van der Waals surface area contributed by atoms with Gasteiger partial charge in [-0.25, -0.2) is 0 Å². The van der Waals surface area contributed by atoms with Crippen molar-refractivity contribution in [3.8, 4) is 0 Å². The Morgan fingerprint density at radius 3 is 2.67 bits per heavy atom. The molecule has 1 fully saturated rings. The summed E-state index contributed by atoms with van der Waals surface area (Å²) in [5.41, 5.74) is 0.832. The Balaban J connectivity index is 1.72. The number of aromatic nitrogens is 3. The SMILES string of the molecule is CCn1cc(CNC(=O)C2CCC(CC(C)C)CC2)nn1. The maximum Gasteiger partial charge on any atom is 0.223 e. The normalized spacial score (nSPS) is 22.5. The maximum absolute atomic E-state index is 12.2. The van der Waals surface area contributed by atoms with E-state index in [2.05, 4.69) is 29.5 Å². The van der Waals surface area contributed by atoms with Crippen molar-refractivity contribution in [1.82, 2.24) is 20.3 Å². The smallest absolute Gasteiger partial charge is 0.223 e. The van der Waals surface area contributed by atoms with E-state index < -0.39 is 0 Å². The fourth-order valence-corrected chi connectivity index (χ4v) is 3.22. The van der Waals surface area contributed by atoms with Gasteiger partial charge in [-0.3, -0.25) is 9.48 Å². The van der Waals surface area contributed by atoms with Crippen LogP contribution in [0.2, 0.25) is 0 Å². The molecule has 1 aromatic heterocycles. The van der Waals surface area contributed by atoms with E-state index in [1.54, 1.807) is 4.68 Å². The first-order chi connectivity index (χ1) is 10.1. The minimum Gasteiger partial charge on any atom is -0.350 e. The van der Waals surface area contributed by atoms with Crippen LogP contribution in [0.1, 0.15) is 58.6 Å². The Bertz CT molecular complexity index is 447. The number of carbonyl (C=O) groups is 1. The van der Waals surface area contributed by atoms with Crippen LogP contribution >= 0.6 is 0 Å². The Labute approximate surface area is 127 Å². The molecule has 0 atom stereocenters. The van der Waals surface area contributed by atoms with E-state index >= 15 is 0 Å². The van der Waals surface area contributed by atoms with Crippen molar-refractivity contribution in [1.29, 1.82) is 0 Å². The standard InChI is InChI=1S/C16H28N4O/c1-4-20-11-15(18-19-20)10-17-16(21)14-7-5-13(6-8-14)9-12(2)3/h11-14H,4-10H2,1-3H3,(H,17,21). The quantitative estimate of drug-likeness (QED) is 0.877. The van der Waals surface area contributed by atoms with Gasteiger partial charge in [-0.05, 0) is 50.9 Å². The van der Waals surface area contributed by atoms with Gasteiger partial charge in [-0.1, -0.05) is 19.1 Å². The Kier molecular flexibility index (Phi) is 5.76. The van der Waals surface area contributed by atoms with Crippen LogP contribution in [-0.4, -0.2) is 20.9 Å². The van der Waals surface area contributed by atoms with Gasteiger partial charge in [-0.2, -0.15) is 0 Å². The van der Waals surface area contributed by atoms with E-state index in [-0.39, 0.29) is 11.8 Å². The number of hydrogen-bond donors (Lipinski definition) is 1. The average Bonchev–Trinajstić information content (AvgIpc) is 2.93. The monoisotopic (exact) mass is 292 g/mol. The van der Waals surface area contributed by atoms with Gasteiger partial charge in [0.1, 0.15) is 5.69 Å². The topological polar surface area (TPSA) is 59.8 Å². The van der Waals surface area contributed by atoms with Crippen LogP contribution in [0, 0.1) is 17.8 Å². The highest BCUT2D eigenvalue weighted by molar-refractivity contribution is 5.78. The molecule has 0 aromatic carbocycles. The molecule has 5 heteroatoms. The first kappa shape index (κ1) is 16.0. The largest absolute Gasteiger partial charge is 0.350 e. The number of amides is 1. The lowest BCUT2D eigenvalue weighted by molar-refractivity contribution is -0.126. The second kappa shape index (κ2) is 7.57.